The van der Waals surface area contributed by atoms with Crippen LogP contribution in [-0.4, -0.2) is 34.4 Å². The van der Waals surface area contributed by atoms with Gasteiger partial charge in [0.1, 0.15) is 12.2 Å². The third-order valence-corrected chi connectivity index (χ3v) is 2.92. The molecule has 7 heteroatoms. The van der Waals surface area contributed by atoms with Crippen molar-refractivity contribution in [1.29, 1.82) is 0 Å². The fourth-order valence-electron chi connectivity index (χ4n) is 1.82. The zero-order valence-corrected chi connectivity index (χ0v) is 12.6. The number of carbonyl (C=O) groups is 3. The van der Waals surface area contributed by atoms with E-state index in [0.717, 1.165) is 0 Å². The van der Waals surface area contributed by atoms with Crippen molar-refractivity contribution in [1.82, 2.24) is 15.6 Å². The SMILES string of the molecule is O=C(O)CNC(=O)C(=Cc1cccnc1)NC(=O)c1ccccc1. The zero-order valence-electron chi connectivity index (χ0n) is 12.6. The van der Waals surface area contributed by atoms with Gasteiger partial charge in [0.15, 0.2) is 0 Å². The number of carboxylic acids is 1. The average molecular weight is 325 g/mol. The second kappa shape index (κ2) is 8.23. The molecular weight excluding hydrogens is 310 g/mol. The number of aromatic nitrogens is 1. The summed E-state index contributed by atoms with van der Waals surface area (Å²) in [5, 5.41) is 13.4. The van der Waals surface area contributed by atoms with E-state index in [4.69, 9.17) is 5.11 Å². The highest BCUT2D eigenvalue weighted by molar-refractivity contribution is 6.05. The summed E-state index contributed by atoms with van der Waals surface area (Å²) in [6.45, 7) is -0.551. The average Bonchev–Trinajstić information content (AvgIpc) is 2.60. The summed E-state index contributed by atoms with van der Waals surface area (Å²) < 4.78 is 0. The van der Waals surface area contributed by atoms with Crippen LogP contribution in [0.2, 0.25) is 0 Å². The fraction of sp³-hybridized carbons (Fsp3) is 0.0588. The Kier molecular flexibility index (Phi) is 5.79. The molecule has 24 heavy (non-hydrogen) atoms. The Morgan fingerprint density at radius 2 is 1.83 bits per heavy atom. The van der Waals surface area contributed by atoms with Crippen LogP contribution in [0.4, 0.5) is 0 Å². The van der Waals surface area contributed by atoms with Gasteiger partial charge in [0.05, 0.1) is 0 Å². The van der Waals surface area contributed by atoms with E-state index in [1.165, 1.54) is 12.3 Å². The Labute approximate surface area is 138 Å². The van der Waals surface area contributed by atoms with Crippen LogP contribution in [0.15, 0.2) is 60.6 Å². The van der Waals surface area contributed by atoms with E-state index in [9.17, 15) is 14.4 Å². The number of hydrogen-bond donors (Lipinski definition) is 3. The van der Waals surface area contributed by atoms with Crippen molar-refractivity contribution >= 4 is 23.9 Å². The van der Waals surface area contributed by atoms with Crippen LogP contribution in [-0.2, 0) is 9.59 Å². The summed E-state index contributed by atoms with van der Waals surface area (Å²) in [6, 6.07) is 11.7. The van der Waals surface area contributed by atoms with Crippen LogP contribution in [0.1, 0.15) is 15.9 Å². The molecule has 0 bridgehead atoms. The summed E-state index contributed by atoms with van der Waals surface area (Å²) >= 11 is 0. The number of hydrogen-bond acceptors (Lipinski definition) is 4. The van der Waals surface area contributed by atoms with Gasteiger partial charge in [-0.05, 0) is 29.8 Å². The van der Waals surface area contributed by atoms with Crippen LogP contribution in [0.3, 0.4) is 0 Å². The van der Waals surface area contributed by atoms with E-state index in [2.05, 4.69) is 15.6 Å². The van der Waals surface area contributed by atoms with Crippen molar-refractivity contribution in [3.05, 3.63) is 71.7 Å². The van der Waals surface area contributed by atoms with E-state index in [-0.39, 0.29) is 5.70 Å². The summed E-state index contributed by atoms with van der Waals surface area (Å²) in [4.78, 5) is 38.9. The first-order valence-corrected chi connectivity index (χ1v) is 7.04. The van der Waals surface area contributed by atoms with Gasteiger partial charge in [-0.15, -0.1) is 0 Å². The first kappa shape index (κ1) is 16.9. The second-order valence-corrected chi connectivity index (χ2v) is 4.74. The van der Waals surface area contributed by atoms with Crippen molar-refractivity contribution in [3.8, 4) is 0 Å². The van der Waals surface area contributed by atoms with Gasteiger partial charge in [-0.3, -0.25) is 19.4 Å². The number of nitrogens with one attached hydrogen (secondary N) is 2. The molecule has 2 rings (SSSR count). The molecule has 1 heterocycles. The smallest absolute Gasteiger partial charge is 0.322 e. The molecule has 0 aliphatic carbocycles. The molecule has 2 amide bonds. The first-order chi connectivity index (χ1) is 11.6. The molecule has 7 nitrogen and oxygen atoms in total. The Bertz CT molecular complexity index is 758. The van der Waals surface area contributed by atoms with Crippen molar-refractivity contribution in [3.63, 3.8) is 0 Å². The van der Waals surface area contributed by atoms with Crippen LogP contribution in [0, 0.1) is 0 Å². The van der Waals surface area contributed by atoms with E-state index < -0.39 is 24.3 Å². The summed E-state index contributed by atoms with van der Waals surface area (Å²) in [5.74, 6) is -2.36. The molecular formula is C17H15N3O4. The number of pyridine rings is 1. The third kappa shape index (κ3) is 5.06. The van der Waals surface area contributed by atoms with Crippen molar-refractivity contribution in [2.75, 3.05) is 6.54 Å². The van der Waals surface area contributed by atoms with Gasteiger partial charge in [0.25, 0.3) is 11.8 Å². The second-order valence-electron chi connectivity index (χ2n) is 4.74. The van der Waals surface area contributed by atoms with Gasteiger partial charge in [-0.2, -0.15) is 0 Å². The number of carbonyl (C=O) groups excluding carboxylic acids is 2. The molecule has 0 saturated heterocycles. The quantitative estimate of drug-likeness (QED) is 0.688. The highest BCUT2D eigenvalue weighted by Gasteiger charge is 2.15. The predicted molar refractivity (Wildman–Crippen MR) is 86.8 cm³/mol. The molecule has 0 fully saturated rings. The molecule has 3 N–H and O–H groups in total. The Morgan fingerprint density at radius 1 is 1.08 bits per heavy atom. The van der Waals surface area contributed by atoms with Crippen molar-refractivity contribution < 1.29 is 19.5 Å². The highest BCUT2D eigenvalue weighted by Crippen LogP contribution is 2.06. The Morgan fingerprint density at radius 3 is 2.46 bits per heavy atom. The maximum atomic E-state index is 12.2. The number of nitrogens with zero attached hydrogens (tertiary/aromatic N) is 1. The monoisotopic (exact) mass is 325 g/mol. The lowest BCUT2D eigenvalue weighted by Gasteiger charge is -2.10. The molecule has 0 aliphatic rings. The lowest BCUT2D eigenvalue weighted by atomic mass is 10.2. The predicted octanol–water partition coefficient (Wildman–Crippen LogP) is 1.05. The van der Waals surface area contributed by atoms with Crippen LogP contribution in [0.5, 0.6) is 0 Å². The topological polar surface area (TPSA) is 108 Å². The number of carboxylic acid groups (broad SMARTS) is 1. The van der Waals surface area contributed by atoms with Crippen molar-refractivity contribution in [2.24, 2.45) is 0 Å². The maximum Gasteiger partial charge on any atom is 0.322 e. The molecule has 0 aliphatic heterocycles. The van der Waals surface area contributed by atoms with Crippen LogP contribution >= 0.6 is 0 Å². The standard InChI is InChI=1S/C17H15N3O4/c21-15(22)11-19-17(24)14(9-12-5-4-8-18-10-12)20-16(23)13-6-2-1-3-7-13/h1-10H,11H2,(H,19,24)(H,20,23)(H,21,22). The lowest BCUT2D eigenvalue weighted by Crippen LogP contribution is -2.37. The van der Waals surface area contributed by atoms with E-state index in [1.807, 2.05) is 0 Å². The van der Waals surface area contributed by atoms with Gasteiger partial charge in [0, 0.05) is 18.0 Å². The first-order valence-electron chi connectivity index (χ1n) is 7.04. The molecule has 0 saturated carbocycles. The molecule has 1 aromatic heterocycles. The van der Waals surface area contributed by atoms with Gasteiger partial charge < -0.3 is 15.7 Å². The molecule has 2 aromatic rings. The third-order valence-electron chi connectivity index (χ3n) is 2.92. The van der Waals surface area contributed by atoms with Crippen LogP contribution < -0.4 is 10.6 Å². The van der Waals surface area contributed by atoms with Gasteiger partial charge in [-0.1, -0.05) is 24.3 Å². The molecule has 0 unspecified atom stereocenters. The Hall–Kier alpha value is -3.48. The summed E-state index contributed by atoms with van der Waals surface area (Å²) in [7, 11) is 0. The number of rotatable bonds is 6. The molecule has 1 aromatic carbocycles. The van der Waals surface area contributed by atoms with E-state index in [0.29, 0.717) is 11.1 Å². The largest absolute Gasteiger partial charge is 0.480 e. The Balaban J connectivity index is 2.22. The fourth-order valence-corrected chi connectivity index (χ4v) is 1.82. The van der Waals surface area contributed by atoms with Crippen LogP contribution in [0.25, 0.3) is 6.08 Å². The minimum atomic E-state index is -1.18. The van der Waals surface area contributed by atoms with Crippen molar-refractivity contribution in [2.45, 2.75) is 0 Å². The van der Waals surface area contributed by atoms with Gasteiger partial charge in [0.2, 0.25) is 0 Å². The van der Waals surface area contributed by atoms with Gasteiger partial charge in [-0.25, -0.2) is 0 Å². The summed E-state index contributed by atoms with van der Waals surface area (Å²) in [6.07, 6.45) is 4.51. The molecule has 0 spiro atoms. The molecule has 122 valence electrons. The maximum absolute atomic E-state index is 12.2. The number of amides is 2. The highest BCUT2D eigenvalue weighted by atomic mass is 16.4. The minimum absolute atomic E-state index is 0.0712. The van der Waals surface area contributed by atoms with E-state index in [1.54, 1.807) is 48.7 Å². The number of aliphatic carboxylic acids is 1. The summed E-state index contributed by atoms with van der Waals surface area (Å²) in [5.41, 5.74) is 0.894. The normalized spacial score (nSPS) is 10.8. The zero-order chi connectivity index (χ0) is 17.4. The minimum Gasteiger partial charge on any atom is -0.480 e. The van der Waals surface area contributed by atoms with E-state index >= 15 is 0 Å². The number of benzene rings is 1. The van der Waals surface area contributed by atoms with Gasteiger partial charge >= 0.3 is 5.97 Å². The molecule has 0 radical (unpaired) electrons. The molecule has 0 atom stereocenters. The lowest BCUT2D eigenvalue weighted by molar-refractivity contribution is -0.137.